The van der Waals surface area contributed by atoms with Crippen molar-refractivity contribution in [2.75, 3.05) is 13.1 Å². The van der Waals surface area contributed by atoms with Crippen LogP contribution in [0.25, 0.3) is 0 Å². The highest BCUT2D eigenvalue weighted by Gasteiger charge is 2.33. The Morgan fingerprint density at radius 2 is 1.82 bits per heavy atom. The maximum absolute atomic E-state index is 12.9. The van der Waals surface area contributed by atoms with Crippen LogP contribution in [0.3, 0.4) is 0 Å². The maximum atomic E-state index is 12.9. The highest BCUT2D eigenvalue weighted by Crippen LogP contribution is 2.28. The van der Waals surface area contributed by atoms with Gasteiger partial charge in [0.15, 0.2) is 0 Å². The number of hydrogen-bond donors (Lipinski definition) is 2. The molecule has 3 nitrogen and oxygen atoms in total. The molecular formula is C18H19FN2O. The molecule has 0 aromatic heterocycles. The smallest absolute Gasteiger partial charge is 0.225 e. The molecule has 3 rings (SSSR count). The first kappa shape index (κ1) is 14.7. The van der Waals surface area contributed by atoms with E-state index in [4.69, 9.17) is 0 Å². The summed E-state index contributed by atoms with van der Waals surface area (Å²) in [5, 5.41) is 6.26. The molecule has 1 saturated heterocycles. The van der Waals surface area contributed by atoms with Gasteiger partial charge in [0.1, 0.15) is 5.82 Å². The van der Waals surface area contributed by atoms with Gasteiger partial charge in [-0.3, -0.25) is 4.79 Å². The van der Waals surface area contributed by atoms with Crippen LogP contribution < -0.4 is 10.6 Å². The first-order valence-electron chi connectivity index (χ1n) is 7.52. The summed E-state index contributed by atoms with van der Waals surface area (Å²) in [5.74, 6) is -0.0837. The third-order valence-electron chi connectivity index (χ3n) is 4.16. The lowest BCUT2D eigenvalue weighted by molar-refractivity contribution is -0.125. The molecule has 114 valence electrons. The van der Waals surface area contributed by atoms with Gasteiger partial charge >= 0.3 is 0 Å². The summed E-state index contributed by atoms with van der Waals surface area (Å²) < 4.78 is 12.9. The maximum Gasteiger partial charge on any atom is 0.225 e. The Balaban J connectivity index is 1.62. The van der Waals surface area contributed by atoms with Crippen molar-refractivity contribution in [1.82, 2.24) is 10.6 Å². The summed E-state index contributed by atoms with van der Waals surface area (Å²) in [4.78, 5) is 12.4. The van der Waals surface area contributed by atoms with E-state index in [0.717, 1.165) is 12.1 Å². The Morgan fingerprint density at radius 3 is 2.55 bits per heavy atom. The highest BCUT2D eigenvalue weighted by atomic mass is 19.1. The number of benzene rings is 2. The van der Waals surface area contributed by atoms with E-state index in [9.17, 15) is 9.18 Å². The summed E-state index contributed by atoms with van der Waals surface area (Å²) >= 11 is 0. The zero-order valence-corrected chi connectivity index (χ0v) is 12.3. The summed E-state index contributed by atoms with van der Waals surface area (Å²) in [6.45, 7) is 1.94. The molecule has 2 unspecified atom stereocenters. The molecule has 2 N–H and O–H groups in total. The number of carbonyl (C=O) groups excluding carboxylic acids is 1. The monoisotopic (exact) mass is 298 g/mol. The van der Waals surface area contributed by atoms with Gasteiger partial charge in [-0.25, -0.2) is 4.39 Å². The van der Waals surface area contributed by atoms with Gasteiger partial charge in [-0.2, -0.15) is 0 Å². The Hall–Kier alpha value is -2.20. The molecule has 0 saturated carbocycles. The summed E-state index contributed by atoms with van der Waals surface area (Å²) in [5.41, 5.74) is 2.09. The van der Waals surface area contributed by atoms with E-state index in [1.54, 1.807) is 12.1 Å². The largest absolute Gasteiger partial charge is 0.352 e. The van der Waals surface area contributed by atoms with Gasteiger partial charge in [0, 0.05) is 25.6 Å². The Kier molecular flexibility index (Phi) is 4.49. The van der Waals surface area contributed by atoms with Gasteiger partial charge < -0.3 is 10.6 Å². The van der Waals surface area contributed by atoms with Crippen molar-refractivity contribution in [2.24, 2.45) is 5.92 Å². The molecule has 1 heterocycles. The first-order chi connectivity index (χ1) is 10.7. The summed E-state index contributed by atoms with van der Waals surface area (Å²) in [7, 11) is 0. The minimum absolute atomic E-state index is 0.0446. The molecule has 2 aromatic carbocycles. The molecule has 2 aromatic rings. The van der Waals surface area contributed by atoms with E-state index < -0.39 is 0 Å². The predicted molar refractivity (Wildman–Crippen MR) is 83.8 cm³/mol. The minimum Gasteiger partial charge on any atom is -0.352 e. The summed E-state index contributed by atoms with van der Waals surface area (Å²) in [6.07, 6.45) is 0. The highest BCUT2D eigenvalue weighted by molar-refractivity contribution is 5.80. The third kappa shape index (κ3) is 3.34. The van der Waals surface area contributed by atoms with Gasteiger partial charge in [-0.1, -0.05) is 42.5 Å². The number of amides is 1. The average molecular weight is 298 g/mol. The Morgan fingerprint density at radius 1 is 1.09 bits per heavy atom. The van der Waals surface area contributed by atoms with Crippen molar-refractivity contribution in [2.45, 2.75) is 12.5 Å². The Bertz CT molecular complexity index is 627. The fourth-order valence-corrected chi connectivity index (χ4v) is 2.93. The molecule has 2 atom stereocenters. The number of rotatable bonds is 4. The predicted octanol–water partition coefficient (Wildman–Crippen LogP) is 2.45. The normalized spacial score (nSPS) is 20.8. The third-order valence-corrected chi connectivity index (χ3v) is 4.16. The van der Waals surface area contributed by atoms with E-state index in [1.165, 1.54) is 17.7 Å². The van der Waals surface area contributed by atoms with Gasteiger partial charge in [-0.15, -0.1) is 0 Å². The van der Waals surface area contributed by atoms with Crippen LogP contribution in [-0.2, 0) is 11.3 Å². The number of carbonyl (C=O) groups is 1. The van der Waals surface area contributed by atoms with Crippen molar-refractivity contribution >= 4 is 5.91 Å². The molecule has 1 fully saturated rings. The fourth-order valence-electron chi connectivity index (χ4n) is 2.93. The molecule has 0 bridgehead atoms. The number of nitrogens with one attached hydrogen (secondary N) is 2. The van der Waals surface area contributed by atoms with Crippen molar-refractivity contribution in [3.8, 4) is 0 Å². The molecule has 1 aliphatic rings. The van der Waals surface area contributed by atoms with Gasteiger partial charge in [0.05, 0.1) is 5.92 Å². The van der Waals surface area contributed by atoms with Gasteiger partial charge in [-0.05, 0) is 23.3 Å². The van der Waals surface area contributed by atoms with E-state index in [-0.39, 0.29) is 23.6 Å². The fraction of sp³-hybridized carbons (Fsp3) is 0.278. The number of hydrogen-bond acceptors (Lipinski definition) is 2. The van der Waals surface area contributed by atoms with E-state index in [2.05, 4.69) is 22.8 Å². The molecule has 4 heteroatoms. The van der Waals surface area contributed by atoms with Gasteiger partial charge in [0.2, 0.25) is 5.91 Å². The van der Waals surface area contributed by atoms with Gasteiger partial charge in [0.25, 0.3) is 0 Å². The zero-order valence-electron chi connectivity index (χ0n) is 12.3. The average Bonchev–Trinajstić information content (AvgIpc) is 3.04. The quantitative estimate of drug-likeness (QED) is 0.910. The molecule has 1 aliphatic heterocycles. The van der Waals surface area contributed by atoms with Crippen LogP contribution in [-0.4, -0.2) is 19.0 Å². The second-order valence-electron chi connectivity index (χ2n) is 5.63. The standard InChI is InChI=1S/C18H19FN2O/c19-15-8-6-13(7-9-15)10-21-18(22)17-12-20-11-16(17)14-4-2-1-3-5-14/h1-9,16-17,20H,10-12H2,(H,21,22). The molecule has 0 aliphatic carbocycles. The van der Waals surface area contributed by atoms with Crippen LogP contribution in [0, 0.1) is 11.7 Å². The summed E-state index contributed by atoms with van der Waals surface area (Å²) in [6, 6.07) is 16.3. The van der Waals surface area contributed by atoms with Crippen LogP contribution in [0.5, 0.6) is 0 Å². The topological polar surface area (TPSA) is 41.1 Å². The van der Waals surface area contributed by atoms with Crippen molar-refractivity contribution in [3.63, 3.8) is 0 Å². The van der Waals surface area contributed by atoms with E-state index >= 15 is 0 Å². The lowest BCUT2D eigenvalue weighted by Gasteiger charge is -2.18. The van der Waals surface area contributed by atoms with E-state index in [1.807, 2.05) is 18.2 Å². The van der Waals surface area contributed by atoms with Crippen molar-refractivity contribution in [1.29, 1.82) is 0 Å². The minimum atomic E-state index is -0.265. The van der Waals surface area contributed by atoms with E-state index in [0.29, 0.717) is 13.1 Å². The second kappa shape index (κ2) is 6.71. The second-order valence-corrected chi connectivity index (χ2v) is 5.63. The van der Waals surface area contributed by atoms with Crippen LogP contribution in [0.4, 0.5) is 4.39 Å². The molecular weight excluding hydrogens is 279 g/mol. The van der Waals surface area contributed by atoms with Crippen molar-refractivity contribution in [3.05, 3.63) is 71.5 Å². The molecule has 0 radical (unpaired) electrons. The number of halogens is 1. The van der Waals surface area contributed by atoms with Crippen LogP contribution in [0.1, 0.15) is 17.0 Å². The van der Waals surface area contributed by atoms with Crippen LogP contribution >= 0.6 is 0 Å². The SMILES string of the molecule is O=C(NCc1ccc(F)cc1)C1CNCC1c1ccccc1. The molecule has 1 amide bonds. The zero-order chi connectivity index (χ0) is 15.4. The Labute approximate surface area is 129 Å². The van der Waals surface area contributed by atoms with Crippen LogP contribution in [0.15, 0.2) is 54.6 Å². The van der Waals surface area contributed by atoms with Crippen molar-refractivity contribution < 1.29 is 9.18 Å². The molecule has 22 heavy (non-hydrogen) atoms. The molecule has 0 spiro atoms. The first-order valence-corrected chi connectivity index (χ1v) is 7.52. The lowest BCUT2D eigenvalue weighted by Crippen LogP contribution is -2.34. The van der Waals surface area contributed by atoms with Crippen LogP contribution in [0.2, 0.25) is 0 Å². The lowest BCUT2D eigenvalue weighted by atomic mass is 9.88.